The molecule has 6 heteroatoms. The molecule has 3 aromatic heterocycles. The van der Waals surface area contributed by atoms with Crippen LogP contribution in [-0.2, 0) is 6.42 Å². The van der Waals surface area contributed by atoms with Crippen molar-refractivity contribution in [1.29, 1.82) is 0 Å². The number of aromatic nitrogens is 5. The number of anilines is 1. The van der Waals surface area contributed by atoms with Gasteiger partial charge in [0.1, 0.15) is 5.82 Å². The lowest BCUT2D eigenvalue weighted by molar-refractivity contribution is 0.901. The second-order valence-electron chi connectivity index (χ2n) is 3.65. The van der Waals surface area contributed by atoms with Crippen LogP contribution >= 0.6 is 0 Å². The van der Waals surface area contributed by atoms with Gasteiger partial charge in [0.05, 0.1) is 0 Å². The van der Waals surface area contributed by atoms with E-state index in [4.69, 9.17) is 0 Å². The van der Waals surface area contributed by atoms with Crippen molar-refractivity contribution in [2.24, 2.45) is 0 Å². The van der Waals surface area contributed by atoms with Crippen LogP contribution in [0.2, 0.25) is 0 Å². The van der Waals surface area contributed by atoms with Crippen molar-refractivity contribution >= 4 is 11.6 Å². The molecule has 2 N–H and O–H groups in total. The Kier molecular flexibility index (Phi) is 2.45. The molecule has 3 aromatic rings. The molecule has 6 nitrogen and oxygen atoms in total. The first-order valence-corrected chi connectivity index (χ1v) is 5.45. The van der Waals surface area contributed by atoms with Gasteiger partial charge in [-0.1, -0.05) is 6.07 Å². The van der Waals surface area contributed by atoms with E-state index in [1.54, 1.807) is 10.7 Å². The number of hydrogen-bond donors (Lipinski definition) is 2. The van der Waals surface area contributed by atoms with Gasteiger partial charge in [0.25, 0.3) is 0 Å². The van der Waals surface area contributed by atoms with E-state index in [0.717, 1.165) is 24.4 Å². The Morgan fingerprint density at radius 2 is 2.35 bits per heavy atom. The van der Waals surface area contributed by atoms with Gasteiger partial charge >= 0.3 is 0 Å². The number of imidazole rings is 1. The minimum Gasteiger partial charge on any atom is -0.352 e. The molecule has 0 radical (unpaired) electrons. The molecule has 0 saturated carbocycles. The average molecular weight is 228 g/mol. The van der Waals surface area contributed by atoms with Crippen LogP contribution in [0.25, 0.3) is 5.65 Å². The molecule has 0 aliphatic heterocycles. The van der Waals surface area contributed by atoms with Gasteiger partial charge in [-0.2, -0.15) is 4.98 Å². The molecule has 0 amide bonds. The molecule has 0 spiro atoms. The van der Waals surface area contributed by atoms with Gasteiger partial charge in [0, 0.05) is 31.6 Å². The standard InChI is InChI=1S/C11H12N6/c1-2-8-17-10(3-1)15-11(16-17)14-5-4-9-12-6-7-13-9/h1-3,6-8H,4-5H2,(H,12,13)(H,14,16). The Hall–Kier alpha value is -2.37. The van der Waals surface area contributed by atoms with E-state index in [2.05, 4.69) is 25.4 Å². The Morgan fingerprint density at radius 3 is 3.18 bits per heavy atom. The molecule has 3 heterocycles. The quantitative estimate of drug-likeness (QED) is 0.701. The lowest BCUT2D eigenvalue weighted by atomic mass is 10.4. The van der Waals surface area contributed by atoms with Gasteiger partial charge in [0.2, 0.25) is 5.95 Å². The smallest absolute Gasteiger partial charge is 0.243 e. The van der Waals surface area contributed by atoms with Crippen molar-refractivity contribution in [1.82, 2.24) is 24.6 Å². The second-order valence-corrected chi connectivity index (χ2v) is 3.65. The van der Waals surface area contributed by atoms with E-state index < -0.39 is 0 Å². The molecule has 0 aromatic carbocycles. The Balaban J connectivity index is 1.65. The summed E-state index contributed by atoms with van der Waals surface area (Å²) in [4.78, 5) is 11.5. The molecule has 0 aliphatic rings. The molecule has 86 valence electrons. The third-order valence-electron chi connectivity index (χ3n) is 2.44. The number of hydrogen-bond acceptors (Lipinski definition) is 4. The van der Waals surface area contributed by atoms with Crippen molar-refractivity contribution in [2.45, 2.75) is 6.42 Å². The fourth-order valence-corrected chi connectivity index (χ4v) is 1.63. The molecule has 0 atom stereocenters. The van der Waals surface area contributed by atoms with Gasteiger partial charge in [-0.3, -0.25) is 0 Å². The van der Waals surface area contributed by atoms with Crippen molar-refractivity contribution in [3.8, 4) is 0 Å². The number of nitrogens with one attached hydrogen (secondary N) is 2. The highest BCUT2D eigenvalue weighted by molar-refractivity contribution is 5.42. The average Bonchev–Trinajstić information content (AvgIpc) is 2.96. The van der Waals surface area contributed by atoms with Crippen molar-refractivity contribution in [2.75, 3.05) is 11.9 Å². The highest BCUT2D eigenvalue weighted by Gasteiger charge is 2.01. The summed E-state index contributed by atoms with van der Waals surface area (Å²) in [6.07, 6.45) is 6.26. The van der Waals surface area contributed by atoms with Crippen LogP contribution in [0.3, 0.4) is 0 Å². The van der Waals surface area contributed by atoms with Gasteiger partial charge in [-0.25, -0.2) is 9.50 Å². The number of rotatable bonds is 4. The van der Waals surface area contributed by atoms with Crippen molar-refractivity contribution in [3.05, 3.63) is 42.6 Å². The molecule has 0 unspecified atom stereocenters. The van der Waals surface area contributed by atoms with Gasteiger partial charge in [-0.15, -0.1) is 5.10 Å². The Labute approximate surface area is 97.7 Å². The molecule has 0 fully saturated rings. The van der Waals surface area contributed by atoms with Crippen molar-refractivity contribution in [3.63, 3.8) is 0 Å². The largest absolute Gasteiger partial charge is 0.352 e. The minimum atomic E-state index is 0.641. The maximum atomic E-state index is 4.34. The zero-order valence-electron chi connectivity index (χ0n) is 9.17. The van der Waals surface area contributed by atoms with Gasteiger partial charge < -0.3 is 10.3 Å². The molecule has 0 saturated heterocycles. The number of nitrogens with zero attached hydrogens (tertiary/aromatic N) is 4. The third-order valence-corrected chi connectivity index (χ3v) is 2.44. The predicted molar refractivity (Wildman–Crippen MR) is 63.8 cm³/mol. The monoisotopic (exact) mass is 228 g/mol. The van der Waals surface area contributed by atoms with Crippen molar-refractivity contribution < 1.29 is 0 Å². The first kappa shape index (κ1) is 9.83. The summed E-state index contributed by atoms with van der Waals surface area (Å²) in [5, 5.41) is 7.46. The molecule has 3 rings (SSSR count). The van der Waals surface area contributed by atoms with Gasteiger partial charge in [-0.05, 0) is 12.1 Å². The topological polar surface area (TPSA) is 70.9 Å². The predicted octanol–water partition coefficient (Wildman–Crippen LogP) is 1.11. The number of H-pyrrole nitrogens is 1. The fraction of sp³-hybridized carbons (Fsp3) is 0.182. The summed E-state index contributed by atoms with van der Waals surface area (Å²) in [6, 6.07) is 5.79. The summed E-state index contributed by atoms with van der Waals surface area (Å²) in [5.74, 6) is 1.60. The Bertz CT molecular complexity index is 564. The summed E-state index contributed by atoms with van der Waals surface area (Å²) >= 11 is 0. The highest BCUT2D eigenvalue weighted by Crippen LogP contribution is 2.04. The summed E-state index contributed by atoms with van der Waals surface area (Å²) < 4.78 is 1.75. The lowest BCUT2D eigenvalue weighted by Gasteiger charge is -1.98. The molecule has 17 heavy (non-hydrogen) atoms. The van der Waals surface area contributed by atoms with E-state index in [9.17, 15) is 0 Å². The zero-order chi connectivity index (χ0) is 11.5. The van der Waals surface area contributed by atoms with Crippen LogP contribution in [0, 0.1) is 0 Å². The first-order chi connectivity index (χ1) is 8.42. The Morgan fingerprint density at radius 1 is 1.35 bits per heavy atom. The van der Waals surface area contributed by atoms with E-state index in [1.807, 2.05) is 30.6 Å². The van der Waals surface area contributed by atoms with Crippen LogP contribution in [0.1, 0.15) is 5.82 Å². The van der Waals surface area contributed by atoms with E-state index in [-0.39, 0.29) is 0 Å². The third kappa shape index (κ3) is 2.10. The fourth-order valence-electron chi connectivity index (χ4n) is 1.63. The van der Waals surface area contributed by atoms with E-state index in [0.29, 0.717) is 5.95 Å². The highest BCUT2D eigenvalue weighted by atomic mass is 15.3. The maximum absolute atomic E-state index is 4.34. The normalized spacial score (nSPS) is 10.8. The zero-order valence-corrected chi connectivity index (χ0v) is 9.17. The number of aromatic amines is 1. The molecule has 0 aliphatic carbocycles. The van der Waals surface area contributed by atoms with Crippen LogP contribution < -0.4 is 5.32 Å². The first-order valence-electron chi connectivity index (χ1n) is 5.45. The van der Waals surface area contributed by atoms with E-state index >= 15 is 0 Å². The number of fused-ring (bicyclic) bond motifs is 1. The van der Waals surface area contributed by atoms with Crippen LogP contribution in [-0.4, -0.2) is 31.1 Å². The maximum Gasteiger partial charge on any atom is 0.243 e. The van der Waals surface area contributed by atoms with E-state index in [1.165, 1.54) is 0 Å². The second kappa shape index (κ2) is 4.25. The summed E-state index contributed by atoms with van der Waals surface area (Å²) in [6.45, 7) is 0.754. The van der Waals surface area contributed by atoms with Crippen LogP contribution in [0.15, 0.2) is 36.8 Å². The van der Waals surface area contributed by atoms with Crippen LogP contribution in [0.4, 0.5) is 5.95 Å². The lowest BCUT2D eigenvalue weighted by Crippen LogP contribution is -2.07. The number of pyridine rings is 1. The molecular formula is C11H12N6. The SMILES string of the molecule is c1ccn2nc(NCCc3ncc[nH]3)nc2c1. The molecule has 0 bridgehead atoms. The summed E-state index contributed by atoms with van der Waals surface area (Å²) in [7, 11) is 0. The summed E-state index contributed by atoms with van der Waals surface area (Å²) in [5.41, 5.74) is 0.841. The minimum absolute atomic E-state index is 0.641. The molecular weight excluding hydrogens is 216 g/mol. The van der Waals surface area contributed by atoms with Gasteiger partial charge in [0.15, 0.2) is 5.65 Å². The van der Waals surface area contributed by atoms with Crippen LogP contribution in [0.5, 0.6) is 0 Å².